The molecule has 0 bridgehead atoms. The Morgan fingerprint density at radius 2 is 1.91 bits per heavy atom. The van der Waals surface area contributed by atoms with Crippen molar-refractivity contribution < 1.29 is 23.5 Å². The Balaban J connectivity index is 1.63. The molecule has 0 aliphatic rings. The first-order chi connectivity index (χ1) is 15.4. The maximum Gasteiger partial charge on any atom is 0.350 e. The number of carbonyl (C=O) groups excluding carboxylic acids is 3. The lowest BCUT2D eigenvalue weighted by Crippen LogP contribution is -2.27. The molecule has 0 aliphatic carbocycles. The molecule has 0 atom stereocenters. The number of esters is 1. The third kappa shape index (κ3) is 5.89. The lowest BCUT2D eigenvalue weighted by molar-refractivity contribution is -0.116. The number of rotatable bonds is 8. The van der Waals surface area contributed by atoms with Gasteiger partial charge < -0.3 is 15.4 Å². The van der Waals surface area contributed by atoms with E-state index in [1.807, 2.05) is 18.2 Å². The van der Waals surface area contributed by atoms with E-state index in [9.17, 15) is 18.8 Å². The van der Waals surface area contributed by atoms with Crippen LogP contribution in [0.4, 0.5) is 9.52 Å². The molecule has 0 aliphatic heterocycles. The Bertz CT molecular complexity index is 1140. The maximum atomic E-state index is 13.1. The number of halogens is 2. The van der Waals surface area contributed by atoms with Crippen LogP contribution in [0.15, 0.2) is 48.5 Å². The number of nitrogens with one attached hydrogen (secondary N) is 2. The number of hydrogen-bond donors (Lipinski definition) is 2. The molecule has 2 amide bonds. The van der Waals surface area contributed by atoms with E-state index in [-0.39, 0.29) is 40.2 Å². The molecule has 0 unspecified atom stereocenters. The fraction of sp³-hybridized carbons (Fsp3) is 0.182. The lowest BCUT2D eigenvalue weighted by atomic mass is 10.1. The topological polar surface area (TPSA) is 97.4 Å². The van der Waals surface area contributed by atoms with Crippen molar-refractivity contribution in [3.8, 4) is 11.3 Å². The normalized spacial score (nSPS) is 10.5. The van der Waals surface area contributed by atoms with E-state index < -0.39 is 23.6 Å². The number of carbonyl (C=O) groups is 3. The van der Waals surface area contributed by atoms with Crippen LogP contribution in [0.25, 0.3) is 11.3 Å². The van der Waals surface area contributed by atoms with Crippen LogP contribution in [0, 0.1) is 5.82 Å². The number of aromatic nitrogens is 1. The van der Waals surface area contributed by atoms with Gasteiger partial charge in [-0.15, -0.1) is 0 Å². The molecule has 166 valence electrons. The molecule has 0 fully saturated rings. The summed E-state index contributed by atoms with van der Waals surface area (Å²) in [6, 6.07) is 12.5. The molecule has 0 radical (unpaired) electrons. The number of hydrogen-bond acceptors (Lipinski definition) is 6. The summed E-state index contributed by atoms with van der Waals surface area (Å²) in [5, 5.41) is 5.41. The van der Waals surface area contributed by atoms with Crippen molar-refractivity contribution in [2.45, 2.75) is 13.3 Å². The van der Waals surface area contributed by atoms with E-state index in [0.717, 1.165) is 29.0 Å². The van der Waals surface area contributed by atoms with Crippen molar-refractivity contribution in [2.24, 2.45) is 0 Å². The Morgan fingerprint density at radius 3 is 2.59 bits per heavy atom. The molecular formula is C22H19ClFN3O4S. The van der Waals surface area contributed by atoms with Gasteiger partial charge in [0.1, 0.15) is 10.7 Å². The summed E-state index contributed by atoms with van der Waals surface area (Å²) >= 11 is 6.88. The zero-order chi connectivity index (χ0) is 23.1. The zero-order valence-corrected chi connectivity index (χ0v) is 18.6. The number of ether oxygens (including phenoxy) is 1. The second-order valence-corrected chi connectivity index (χ2v) is 7.87. The first-order valence-corrected chi connectivity index (χ1v) is 10.8. The predicted octanol–water partition coefficient (Wildman–Crippen LogP) is 4.54. The highest BCUT2D eigenvalue weighted by atomic mass is 35.5. The van der Waals surface area contributed by atoms with Crippen molar-refractivity contribution in [3.63, 3.8) is 0 Å². The summed E-state index contributed by atoms with van der Waals surface area (Å²) in [5.41, 5.74) is 1.25. The van der Waals surface area contributed by atoms with Gasteiger partial charge in [0.25, 0.3) is 5.91 Å². The predicted molar refractivity (Wildman–Crippen MR) is 120 cm³/mol. The van der Waals surface area contributed by atoms with Crippen molar-refractivity contribution in [2.75, 3.05) is 18.5 Å². The van der Waals surface area contributed by atoms with Crippen LogP contribution in [-0.4, -0.2) is 35.9 Å². The van der Waals surface area contributed by atoms with Gasteiger partial charge in [0.15, 0.2) is 5.13 Å². The number of thiazole rings is 1. The van der Waals surface area contributed by atoms with Gasteiger partial charge in [-0.05, 0) is 25.1 Å². The van der Waals surface area contributed by atoms with Gasteiger partial charge >= 0.3 is 5.97 Å². The Hall–Kier alpha value is -3.30. The highest BCUT2D eigenvalue weighted by Crippen LogP contribution is 2.31. The minimum Gasteiger partial charge on any atom is -0.462 e. The van der Waals surface area contributed by atoms with Crippen LogP contribution < -0.4 is 10.6 Å². The highest BCUT2D eigenvalue weighted by molar-refractivity contribution is 7.18. The molecule has 2 aromatic carbocycles. The smallest absolute Gasteiger partial charge is 0.350 e. The second kappa shape index (κ2) is 10.8. The van der Waals surface area contributed by atoms with E-state index in [1.54, 1.807) is 19.1 Å². The summed E-state index contributed by atoms with van der Waals surface area (Å²) in [5.74, 6) is -1.99. The second-order valence-electron chi connectivity index (χ2n) is 6.46. The van der Waals surface area contributed by atoms with Gasteiger partial charge in [0.05, 0.1) is 22.9 Å². The summed E-state index contributed by atoms with van der Waals surface area (Å²) in [6.07, 6.45) is -0.0421. The zero-order valence-electron chi connectivity index (χ0n) is 17.0. The molecule has 3 rings (SSSR count). The van der Waals surface area contributed by atoms with Crippen LogP contribution in [0.2, 0.25) is 5.02 Å². The van der Waals surface area contributed by atoms with Crippen molar-refractivity contribution in [1.82, 2.24) is 10.3 Å². The SMILES string of the molecule is CCOC(=O)c1sc(NC(=O)CCNC(=O)c2ccc(F)cc2Cl)nc1-c1ccccc1. The van der Waals surface area contributed by atoms with Gasteiger partial charge in [-0.2, -0.15) is 0 Å². The third-order valence-electron chi connectivity index (χ3n) is 4.19. The quantitative estimate of drug-likeness (QED) is 0.466. The summed E-state index contributed by atoms with van der Waals surface area (Å²) in [4.78, 5) is 41.4. The standard InChI is InChI=1S/C22H19ClFN3O4S/c1-2-31-21(30)19-18(13-6-4-3-5-7-13)27-22(32-19)26-17(28)10-11-25-20(29)15-9-8-14(24)12-16(15)23/h3-9,12H,2,10-11H2,1H3,(H,25,29)(H,26,27,28). The molecule has 32 heavy (non-hydrogen) atoms. The van der Waals surface area contributed by atoms with Gasteiger partial charge in [0, 0.05) is 18.5 Å². The number of amides is 2. The molecule has 0 saturated carbocycles. The fourth-order valence-corrected chi connectivity index (χ4v) is 3.89. The van der Waals surface area contributed by atoms with Crippen molar-refractivity contribution >= 4 is 45.9 Å². The number of benzene rings is 2. The highest BCUT2D eigenvalue weighted by Gasteiger charge is 2.21. The molecule has 7 nitrogen and oxygen atoms in total. The van der Waals surface area contributed by atoms with E-state index in [0.29, 0.717) is 5.69 Å². The largest absolute Gasteiger partial charge is 0.462 e. The van der Waals surface area contributed by atoms with Gasteiger partial charge in [-0.25, -0.2) is 14.2 Å². The molecule has 3 aromatic rings. The van der Waals surface area contributed by atoms with Crippen molar-refractivity contribution in [1.29, 1.82) is 0 Å². The molecule has 0 spiro atoms. The van der Waals surface area contributed by atoms with Crippen LogP contribution in [0.1, 0.15) is 33.4 Å². The van der Waals surface area contributed by atoms with E-state index in [2.05, 4.69) is 15.6 Å². The van der Waals surface area contributed by atoms with Crippen LogP contribution in [-0.2, 0) is 9.53 Å². The summed E-state index contributed by atoms with van der Waals surface area (Å²) in [6.45, 7) is 1.95. The van der Waals surface area contributed by atoms with Gasteiger partial charge in [-0.1, -0.05) is 53.3 Å². The van der Waals surface area contributed by atoms with E-state index in [4.69, 9.17) is 16.3 Å². The lowest BCUT2D eigenvalue weighted by Gasteiger charge is -2.06. The van der Waals surface area contributed by atoms with Crippen molar-refractivity contribution in [3.05, 3.63) is 69.8 Å². The van der Waals surface area contributed by atoms with Gasteiger partial charge in [0.2, 0.25) is 5.91 Å². The summed E-state index contributed by atoms with van der Waals surface area (Å²) in [7, 11) is 0. The number of anilines is 1. The van der Waals surface area contributed by atoms with E-state index in [1.165, 1.54) is 6.07 Å². The minimum atomic E-state index is -0.550. The Labute approximate surface area is 192 Å². The molecule has 10 heteroatoms. The molecule has 1 heterocycles. The minimum absolute atomic E-state index is 0.0188. The van der Waals surface area contributed by atoms with Crippen LogP contribution in [0.5, 0.6) is 0 Å². The van der Waals surface area contributed by atoms with Crippen LogP contribution in [0.3, 0.4) is 0 Å². The first-order valence-electron chi connectivity index (χ1n) is 9.65. The Kier molecular flexibility index (Phi) is 7.91. The average Bonchev–Trinajstić information content (AvgIpc) is 3.18. The monoisotopic (exact) mass is 475 g/mol. The summed E-state index contributed by atoms with van der Waals surface area (Å²) < 4.78 is 18.2. The molecule has 2 N–H and O–H groups in total. The first kappa shape index (κ1) is 23.4. The molecular weight excluding hydrogens is 457 g/mol. The maximum absolute atomic E-state index is 13.1. The Morgan fingerprint density at radius 1 is 1.16 bits per heavy atom. The molecule has 0 saturated heterocycles. The number of nitrogens with zero attached hydrogens (tertiary/aromatic N) is 1. The van der Waals surface area contributed by atoms with Gasteiger partial charge in [-0.3, -0.25) is 9.59 Å². The molecule has 1 aromatic heterocycles. The fourth-order valence-electron chi connectivity index (χ4n) is 2.74. The third-order valence-corrected chi connectivity index (χ3v) is 5.46. The average molecular weight is 476 g/mol. The van der Waals surface area contributed by atoms with Crippen LogP contribution >= 0.6 is 22.9 Å². The van der Waals surface area contributed by atoms with E-state index >= 15 is 0 Å².